The summed E-state index contributed by atoms with van der Waals surface area (Å²) < 4.78 is 56.6. The topological polar surface area (TPSA) is 69.6 Å². The van der Waals surface area contributed by atoms with Crippen LogP contribution < -0.4 is 9.80 Å². The SMILES string of the molecule is C[C@@H]1N(c2nc(N3C[C@@H]4[C@@H](CC(=O)O)[C@@H]4C3)c3c(n2)C(F)(F)CCC3)CC1(F)F. The van der Waals surface area contributed by atoms with Crippen LogP contribution in [0.25, 0.3) is 0 Å². The third kappa shape index (κ3) is 2.85. The highest BCUT2D eigenvalue weighted by molar-refractivity contribution is 5.68. The molecule has 0 spiro atoms. The highest BCUT2D eigenvalue weighted by atomic mass is 19.3. The molecule has 4 aliphatic rings. The number of aromatic nitrogens is 2. The second-order valence-corrected chi connectivity index (χ2v) is 8.79. The average molecular weight is 414 g/mol. The van der Waals surface area contributed by atoms with Crippen LogP contribution in [0.2, 0.25) is 0 Å². The first-order valence-corrected chi connectivity index (χ1v) is 9.99. The van der Waals surface area contributed by atoms with Crippen molar-refractivity contribution in [1.29, 1.82) is 0 Å². The summed E-state index contributed by atoms with van der Waals surface area (Å²) in [5, 5.41) is 8.99. The lowest BCUT2D eigenvalue weighted by Gasteiger charge is -2.46. The van der Waals surface area contributed by atoms with Crippen molar-refractivity contribution in [3.63, 3.8) is 0 Å². The molecule has 0 unspecified atom stereocenters. The molecule has 0 bridgehead atoms. The van der Waals surface area contributed by atoms with E-state index in [1.165, 1.54) is 11.8 Å². The Labute approximate surface area is 164 Å². The standard InChI is InChI=1S/C19H22F4N4O2/c1-9-19(22,23)8-27(9)17-24-15-10(3-2-4-18(15,20)21)16(25-17)26-6-12-11(5-14(28)29)13(12)7-26/h9,11-13H,2-8H2,1H3,(H,28,29)/t9-,11-,12-,13+/m0/s1. The maximum Gasteiger partial charge on any atom is 0.303 e. The van der Waals surface area contributed by atoms with Crippen LogP contribution in [0.15, 0.2) is 0 Å². The number of carboxylic acid groups (broad SMARTS) is 1. The van der Waals surface area contributed by atoms with E-state index in [0.29, 0.717) is 37.3 Å². The lowest BCUT2D eigenvalue weighted by molar-refractivity contribution is -0.137. The van der Waals surface area contributed by atoms with Gasteiger partial charge in [-0.3, -0.25) is 4.79 Å². The number of piperidine rings is 1. The second-order valence-electron chi connectivity index (χ2n) is 8.79. The predicted molar refractivity (Wildman–Crippen MR) is 95.6 cm³/mol. The fourth-order valence-electron chi connectivity index (χ4n) is 5.17. The zero-order valence-electron chi connectivity index (χ0n) is 15.9. The Bertz CT molecular complexity index is 868. The molecule has 10 heteroatoms. The Morgan fingerprint density at radius 3 is 2.48 bits per heavy atom. The van der Waals surface area contributed by atoms with E-state index in [4.69, 9.17) is 5.11 Å². The molecule has 0 amide bonds. The highest BCUT2D eigenvalue weighted by Crippen LogP contribution is 2.55. The Kier molecular flexibility index (Phi) is 3.87. The number of anilines is 2. The number of nitrogens with zero attached hydrogens (tertiary/aromatic N) is 4. The van der Waals surface area contributed by atoms with Gasteiger partial charge in [-0.25, -0.2) is 13.8 Å². The maximum atomic E-state index is 14.6. The number of hydrogen-bond donors (Lipinski definition) is 1. The molecular formula is C19H22F4N4O2. The van der Waals surface area contributed by atoms with E-state index in [1.807, 2.05) is 4.90 Å². The lowest BCUT2D eigenvalue weighted by atomic mass is 9.92. The molecule has 0 aromatic carbocycles. The van der Waals surface area contributed by atoms with Crippen molar-refractivity contribution in [2.45, 2.75) is 50.5 Å². The van der Waals surface area contributed by atoms with Crippen molar-refractivity contribution in [1.82, 2.24) is 9.97 Å². The van der Waals surface area contributed by atoms with Crippen LogP contribution >= 0.6 is 0 Å². The Morgan fingerprint density at radius 1 is 1.21 bits per heavy atom. The van der Waals surface area contributed by atoms with Gasteiger partial charge in [0.15, 0.2) is 0 Å². The van der Waals surface area contributed by atoms with Crippen LogP contribution in [-0.2, 0) is 17.1 Å². The molecule has 158 valence electrons. The molecule has 3 heterocycles. The normalized spacial score (nSPS) is 33.7. The molecule has 0 radical (unpaired) electrons. The van der Waals surface area contributed by atoms with E-state index in [-0.39, 0.29) is 42.2 Å². The van der Waals surface area contributed by atoms with Gasteiger partial charge in [-0.2, -0.15) is 13.8 Å². The highest BCUT2D eigenvalue weighted by Gasteiger charge is 2.57. The zero-order valence-corrected chi connectivity index (χ0v) is 15.9. The summed E-state index contributed by atoms with van der Waals surface area (Å²) in [6.07, 6.45) is 0.551. The first-order valence-electron chi connectivity index (χ1n) is 9.99. The van der Waals surface area contributed by atoms with Gasteiger partial charge < -0.3 is 14.9 Å². The largest absolute Gasteiger partial charge is 0.481 e. The van der Waals surface area contributed by atoms with Crippen molar-refractivity contribution in [2.24, 2.45) is 17.8 Å². The molecule has 1 aromatic rings. The third-order valence-electron chi connectivity index (χ3n) is 7.04. The molecule has 1 aromatic heterocycles. The smallest absolute Gasteiger partial charge is 0.303 e. The van der Waals surface area contributed by atoms with Gasteiger partial charge in [-0.1, -0.05) is 0 Å². The summed E-state index contributed by atoms with van der Waals surface area (Å²) in [7, 11) is 0. The summed E-state index contributed by atoms with van der Waals surface area (Å²) >= 11 is 0. The van der Waals surface area contributed by atoms with Crippen molar-refractivity contribution >= 4 is 17.7 Å². The van der Waals surface area contributed by atoms with Crippen molar-refractivity contribution < 1.29 is 27.5 Å². The van der Waals surface area contributed by atoms with Crippen molar-refractivity contribution in [2.75, 3.05) is 29.4 Å². The summed E-state index contributed by atoms with van der Waals surface area (Å²) in [4.78, 5) is 22.7. The fourth-order valence-corrected chi connectivity index (χ4v) is 5.17. The minimum Gasteiger partial charge on any atom is -0.481 e. The molecule has 29 heavy (non-hydrogen) atoms. The quantitative estimate of drug-likeness (QED) is 0.765. The van der Waals surface area contributed by atoms with Gasteiger partial charge in [0.1, 0.15) is 11.5 Å². The fraction of sp³-hybridized carbons (Fsp3) is 0.737. The molecule has 6 nitrogen and oxygen atoms in total. The Morgan fingerprint density at radius 2 is 1.90 bits per heavy atom. The molecule has 2 saturated heterocycles. The van der Waals surface area contributed by atoms with Crippen LogP contribution in [-0.4, -0.2) is 52.6 Å². The molecule has 3 fully saturated rings. The second kappa shape index (κ2) is 5.95. The lowest BCUT2D eigenvalue weighted by Crippen LogP contribution is -2.64. The number of rotatable bonds is 4. The monoisotopic (exact) mass is 414 g/mol. The average Bonchev–Trinajstić information content (AvgIpc) is 3.08. The first kappa shape index (κ1) is 18.9. The van der Waals surface area contributed by atoms with Crippen LogP contribution in [0.5, 0.6) is 0 Å². The van der Waals surface area contributed by atoms with E-state index in [0.717, 1.165) is 0 Å². The van der Waals surface area contributed by atoms with Gasteiger partial charge in [-0.05, 0) is 37.5 Å². The van der Waals surface area contributed by atoms with Gasteiger partial charge in [0.25, 0.3) is 11.8 Å². The number of hydrogen-bond acceptors (Lipinski definition) is 5. The van der Waals surface area contributed by atoms with Crippen LogP contribution in [0.4, 0.5) is 29.3 Å². The first-order chi connectivity index (χ1) is 13.6. The van der Waals surface area contributed by atoms with Gasteiger partial charge >= 0.3 is 5.97 Å². The Balaban J connectivity index is 1.47. The molecule has 2 aliphatic carbocycles. The maximum absolute atomic E-state index is 14.6. The molecule has 1 N–H and O–H groups in total. The van der Waals surface area contributed by atoms with E-state index >= 15 is 0 Å². The molecule has 5 rings (SSSR count). The Hall–Kier alpha value is -2.13. The van der Waals surface area contributed by atoms with Gasteiger partial charge in [0, 0.05) is 31.5 Å². The molecule has 2 aliphatic heterocycles. The van der Waals surface area contributed by atoms with Crippen LogP contribution in [0.1, 0.15) is 37.4 Å². The summed E-state index contributed by atoms with van der Waals surface area (Å²) in [6.45, 7) is 1.88. The van der Waals surface area contributed by atoms with E-state index in [1.54, 1.807) is 0 Å². The number of alkyl halides is 4. The third-order valence-corrected chi connectivity index (χ3v) is 7.04. The number of halogens is 4. The molecule has 4 atom stereocenters. The molecular weight excluding hydrogens is 392 g/mol. The van der Waals surface area contributed by atoms with Gasteiger partial charge in [0.05, 0.1) is 12.6 Å². The summed E-state index contributed by atoms with van der Waals surface area (Å²) in [6, 6.07) is -1.14. The minimum absolute atomic E-state index is 0.0681. The zero-order chi connectivity index (χ0) is 20.7. The number of aliphatic carboxylic acids is 1. The van der Waals surface area contributed by atoms with Gasteiger partial charge in [-0.15, -0.1) is 0 Å². The molecule has 1 saturated carbocycles. The van der Waals surface area contributed by atoms with Crippen molar-refractivity contribution in [3.05, 3.63) is 11.3 Å². The van der Waals surface area contributed by atoms with Crippen LogP contribution in [0.3, 0.4) is 0 Å². The summed E-state index contributed by atoms with van der Waals surface area (Å²) in [5.41, 5.74) is 0.0647. The van der Waals surface area contributed by atoms with Crippen molar-refractivity contribution in [3.8, 4) is 0 Å². The van der Waals surface area contributed by atoms with E-state index in [2.05, 4.69) is 9.97 Å². The number of carbonyl (C=O) groups is 1. The number of fused-ring (bicyclic) bond motifs is 2. The number of carboxylic acids is 1. The summed E-state index contributed by atoms with van der Waals surface area (Å²) in [5.74, 6) is -5.92. The predicted octanol–water partition coefficient (Wildman–Crippen LogP) is 2.91. The van der Waals surface area contributed by atoms with E-state index in [9.17, 15) is 22.4 Å². The van der Waals surface area contributed by atoms with Gasteiger partial charge in [0.2, 0.25) is 5.95 Å². The van der Waals surface area contributed by atoms with Crippen LogP contribution in [0, 0.1) is 17.8 Å². The van der Waals surface area contributed by atoms with E-state index < -0.39 is 30.4 Å². The minimum atomic E-state index is -3.11.